The average Bonchev–Trinajstić information content (AvgIpc) is 3.05. The van der Waals surface area contributed by atoms with Crippen molar-refractivity contribution < 1.29 is 19.1 Å². The summed E-state index contributed by atoms with van der Waals surface area (Å²) in [6.45, 7) is 6.52. The van der Waals surface area contributed by atoms with E-state index in [-0.39, 0.29) is 35.8 Å². The molecule has 1 aromatic carbocycles. The summed E-state index contributed by atoms with van der Waals surface area (Å²) in [5.74, 6) is 0.773. The number of methoxy groups -OCH3 is 1. The maximum Gasteiger partial charge on any atom is 0.322 e. The SMILES string of the molecule is COc1cccc(NC(=O)N2C[C@@H]3C[C@H](NC(C)=O)CN3C(=O)[C@@H]2CC(C)C)c1. The fourth-order valence-electron chi connectivity index (χ4n) is 4.23. The van der Waals surface area contributed by atoms with Crippen molar-refractivity contribution in [2.45, 2.75) is 51.7 Å². The van der Waals surface area contributed by atoms with Gasteiger partial charge < -0.3 is 25.2 Å². The zero-order valence-electron chi connectivity index (χ0n) is 17.5. The third-order valence-corrected chi connectivity index (χ3v) is 5.45. The minimum Gasteiger partial charge on any atom is -0.497 e. The second-order valence-electron chi connectivity index (χ2n) is 8.24. The van der Waals surface area contributed by atoms with Crippen LogP contribution < -0.4 is 15.4 Å². The Balaban J connectivity index is 1.78. The van der Waals surface area contributed by atoms with Gasteiger partial charge in [0, 0.05) is 37.8 Å². The van der Waals surface area contributed by atoms with Crippen LogP contribution in [0.15, 0.2) is 24.3 Å². The zero-order valence-corrected chi connectivity index (χ0v) is 17.5. The lowest BCUT2D eigenvalue weighted by atomic mass is 9.97. The van der Waals surface area contributed by atoms with Crippen molar-refractivity contribution >= 4 is 23.5 Å². The molecule has 4 amide bonds. The maximum absolute atomic E-state index is 13.2. The van der Waals surface area contributed by atoms with Crippen molar-refractivity contribution in [2.24, 2.45) is 5.92 Å². The number of carbonyl (C=O) groups is 3. The number of amides is 4. The first kappa shape index (κ1) is 21.0. The molecule has 0 bridgehead atoms. The molecule has 3 rings (SSSR count). The van der Waals surface area contributed by atoms with Gasteiger partial charge in [-0.1, -0.05) is 19.9 Å². The number of benzene rings is 1. The quantitative estimate of drug-likeness (QED) is 0.789. The number of urea groups is 1. The summed E-state index contributed by atoms with van der Waals surface area (Å²) in [6, 6.07) is 6.20. The molecule has 0 unspecified atom stereocenters. The number of nitrogens with zero attached hydrogens (tertiary/aromatic N) is 2. The smallest absolute Gasteiger partial charge is 0.322 e. The molecule has 29 heavy (non-hydrogen) atoms. The van der Waals surface area contributed by atoms with Gasteiger partial charge in [0.15, 0.2) is 0 Å². The van der Waals surface area contributed by atoms with Gasteiger partial charge in [-0.15, -0.1) is 0 Å². The van der Waals surface area contributed by atoms with Crippen LogP contribution >= 0.6 is 0 Å². The molecule has 2 saturated heterocycles. The molecule has 2 aliphatic heterocycles. The van der Waals surface area contributed by atoms with Crippen LogP contribution in [-0.2, 0) is 9.59 Å². The Morgan fingerprint density at radius 2 is 2.03 bits per heavy atom. The van der Waals surface area contributed by atoms with E-state index in [2.05, 4.69) is 10.6 Å². The highest BCUT2D eigenvalue weighted by Crippen LogP contribution is 2.29. The number of hydrogen-bond donors (Lipinski definition) is 2. The number of hydrogen-bond acceptors (Lipinski definition) is 4. The highest BCUT2D eigenvalue weighted by atomic mass is 16.5. The van der Waals surface area contributed by atoms with Gasteiger partial charge in [-0.2, -0.15) is 0 Å². The third kappa shape index (κ3) is 4.81. The molecule has 0 aromatic heterocycles. The Kier molecular flexibility index (Phi) is 6.30. The van der Waals surface area contributed by atoms with Crippen LogP contribution in [0.3, 0.4) is 0 Å². The van der Waals surface area contributed by atoms with Crippen LogP contribution in [0.4, 0.5) is 10.5 Å². The fraction of sp³-hybridized carbons (Fsp3) is 0.571. The van der Waals surface area contributed by atoms with Crippen molar-refractivity contribution in [3.63, 3.8) is 0 Å². The molecular weight excluding hydrogens is 372 g/mol. The predicted molar refractivity (Wildman–Crippen MR) is 110 cm³/mol. The molecule has 0 aliphatic carbocycles. The topological polar surface area (TPSA) is 91.0 Å². The first-order valence-electron chi connectivity index (χ1n) is 10.1. The summed E-state index contributed by atoms with van der Waals surface area (Å²) in [7, 11) is 1.57. The van der Waals surface area contributed by atoms with E-state index in [4.69, 9.17) is 4.74 Å². The maximum atomic E-state index is 13.2. The van der Waals surface area contributed by atoms with Crippen LogP contribution in [0.2, 0.25) is 0 Å². The Bertz CT molecular complexity index is 782. The van der Waals surface area contributed by atoms with Crippen LogP contribution in [-0.4, -0.2) is 66.0 Å². The van der Waals surface area contributed by atoms with Crippen molar-refractivity contribution in [1.29, 1.82) is 0 Å². The van der Waals surface area contributed by atoms with Crippen LogP contribution in [0.5, 0.6) is 5.75 Å². The lowest BCUT2D eigenvalue weighted by Crippen LogP contribution is -2.62. The van der Waals surface area contributed by atoms with Crippen molar-refractivity contribution in [3.8, 4) is 5.75 Å². The Labute approximate surface area is 171 Å². The van der Waals surface area contributed by atoms with E-state index in [1.54, 1.807) is 36.3 Å². The molecule has 2 fully saturated rings. The summed E-state index contributed by atoms with van der Waals surface area (Å²) < 4.78 is 5.21. The number of piperazine rings is 1. The molecule has 8 heteroatoms. The molecule has 2 aliphatic rings. The van der Waals surface area contributed by atoms with Crippen molar-refractivity contribution in [1.82, 2.24) is 15.1 Å². The second-order valence-corrected chi connectivity index (χ2v) is 8.24. The summed E-state index contributed by atoms with van der Waals surface area (Å²) in [5.41, 5.74) is 0.620. The lowest BCUT2D eigenvalue weighted by molar-refractivity contribution is -0.142. The van der Waals surface area contributed by atoms with E-state index in [9.17, 15) is 14.4 Å². The summed E-state index contributed by atoms with van der Waals surface area (Å²) in [5, 5.41) is 5.81. The molecule has 2 N–H and O–H groups in total. The predicted octanol–water partition coefficient (Wildman–Crippen LogP) is 2.06. The molecule has 2 heterocycles. The van der Waals surface area contributed by atoms with E-state index in [0.717, 1.165) is 0 Å². The van der Waals surface area contributed by atoms with Crippen molar-refractivity contribution in [2.75, 3.05) is 25.5 Å². The number of nitrogens with one attached hydrogen (secondary N) is 2. The number of rotatable bonds is 5. The largest absolute Gasteiger partial charge is 0.497 e. The van der Waals surface area contributed by atoms with E-state index in [1.807, 2.05) is 18.7 Å². The van der Waals surface area contributed by atoms with Crippen LogP contribution in [0, 0.1) is 5.92 Å². The Hall–Kier alpha value is -2.77. The molecule has 3 atom stereocenters. The van der Waals surface area contributed by atoms with Gasteiger partial charge in [-0.25, -0.2) is 4.79 Å². The molecule has 1 aromatic rings. The summed E-state index contributed by atoms with van der Waals surface area (Å²) in [4.78, 5) is 41.2. The number of anilines is 1. The van der Waals surface area contributed by atoms with Crippen molar-refractivity contribution in [3.05, 3.63) is 24.3 Å². The molecular formula is C21H30N4O4. The number of fused-ring (bicyclic) bond motifs is 1. The van der Waals surface area contributed by atoms with Gasteiger partial charge in [-0.05, 0) is 30.9 Å². The molecule has 8 nitrogen and oxygen atoms in total. The minimum absolute atomic E-state index is 0.0383. The fourth-order valence-corrected chi connectivity index (χ4v) is 4.23. The van der Waals surface area contributed by atoms with Gasteiger partial charge in [0.25, 0.3) is 0 Å². The first-order valence-corrected chi connectivity index (χ1v) is 10.1. The number of ether oxygens (including phenoxy) is 1. The average molecular weight is 402 g/mol. The van der Waals surface area contributed by atoms with Gasteiger partial charge in [0.1, 0.15) is 11.8 Å². The van der Waals surface area contributed by atoms with E-state index < -0.39 is 6.04 Å². The highest BCUT2D eigenvalue weighted by molar-refractivity contribution is 5.95. The van der Waals surface area contributed by atoms with E-state index in [0.29, 0.717) is 37.4 Å². The highest BCUT2D eigenvalue weighted by Gasteiger charge is 2.47. The monoisotopic (exact) mass is 402 g/mol. The van der Waals surface area contributed by atoms with E-state index >= 15 is 0 Å². The zero-order chi connectivity index (χ0) is 21.1. The Morgan fingerprint density at radius 1 is 1.28 bits per heavy atom. The second kappa shape index (κ2) is 8.71. The summed E-state index contributed by atoms with van der Waals surface area (Å²) in [6.07, 6.45) is 1.25. The van der Waals surface area contributed by atoms with Gasteiger partial charge >= 0.3 is 6.03 Å². The first-order chi connectivity index (χ1) is 13.8. The molecule has 0 spiro atoms. The lowest BCUT2D eigenvalue weighted by Gasteiger charge is -2.43. The summed E-state index contributed by atoms with van der Waals surface area (Å²) >= 11 is 0. The van der Waals surface area contributed by atoms with Crippen LogP contribution in [0.1, 0.15) is 33.6 Å². The minimum atomic E-state index is -0.507. The van der Waals surface area contributed by atoms with Gasteiger partial charge in [-0.3, -0.25) is 9.59 Å². The Morgan fingerprint density at radius 3 is 2.69 bits per heavy atom. The molecule has 158 valence electrons. The molecule has 0 radical (unpaired) electrons. The van der Waals surface area contributed by atoms with Gasteiger partial charge in [0.05, 0.1) is 13.2 Å². The van der Waals surface area contributed by atoms with E-state index in [1.165, 1.54) is 6.92 Å². The third-order valence-electron chi connectivity index (χ3n) is 5.45. The molecule has 0 saturated carbocycles. The number of carbonyl (C=O) groups excluding carboxylic acids is 3. The normalized spacial score (nSPS) is 23.8. The van der Waals surface area contributed by atoms with Crippen LogP contribution in [0.25, 0.3) is 0 Å². The standard InChI is InChI=1S/C21H30N4O4/c1-13(2)8-19-20(27)24-11-16(22-14(3)26)9-17(24)12-25(19)21(28)23-15-6-5-7-18(10-15)29-4/h5-7,10,13,16-17,19H,8-9,11-12H2,1-4H3,(H,22,26)(H,23,28)/t16-,17-,19-/m0/s1. The van der Waals surface area contributed by atoms with Gasteiger partial charge in [0.2, 0.25) is 11.8 Å².